The van der Waals surface area contributed by atoms with Gasteiger partial charge < -0.3 is 15.3 Å². The van der Waals surface area contributed by atoms with Crippen molar-refractivity contribution in [2.75, 3.05) is 18.4 Å². The molecule has 1 aliphatic heterocycles. The molecule has 1 unspecified atom stereocenters. The Balaban J connectivity index is 2.03. The van der Waals surface area contributed by atoms with Crippen molar-refractivity contribution in [3.63, 3.8) is 0 Å². The van der Waals surface area contributed by atoms with Crippen molar-refractivity contribution in [1.29, 1.82) is 0 Å². The summed E-state index contributed by atoms with van der Waals surface area (Å²) < 4.78 is 14.1. The van der Waals surface area contributed by atoms with E-state index in [1.807, 2.05) is 20.8 Å². The van der Waals surface area contributed by atoms with Crippen LogP contribution >= 0.6 is 11.8 Å². The highest BCUT2D eigenvalue weighted by Crippen LogP contribution is 2.35. The molecule has 1 aliphatic rings. The van der Waals surface area contributed by atoms with Crippen LogP contribution in [0.15, 0.2) is 23.1 Å². The Kier molecular flexibility index (Phi) is 5.13. The second kappa shape index (κ2) is 6.63. The van der Waals surface area contributed by atoms with Crippen LogP contribution in [0.3, 0.4) is 0 Å². The minimum absolute atomic E-state index is 0.109. The summed E-state index contributed by atoms with van der Waals surface area (Å²) in [6.07, 6.45) is 0.408. The number of likely N-dealkylation sites (tertiary alicyclic amines) is 1. The van der Waals surface area contributed by atoms with Gasteiger partial charge in [-0.2, -0.15) is 0 Å². The van der Waals surface area contributed by atoms with Gasteiger partial charge in [0.1, 0.15) is 5.82 Å². The molecule has 1 saturated heterocycles. The lowest BCUT2D eigenvalue weighted by Gasteiger charge is -2.21. The molecular weight excluding hydrogens is 331 g/mol. The Morgan fingerprint density at radius 3 is 2.54 bits per heavy atom. The number of amides is 2. The molecule has 0 spiro atoms. The summed E-state index contributed by atoms with van der Waals surface area (Å²) in [5.74, 6) is -1.29. The number of carbonyl (C=O) groups excluding carboxylic acids is 1. The largest absolute Gasteiger partial charge is 0.481 e. The number of carboxylic acids is 1. The number of carbonyl (C=O) groups is 2. The smallest absolute Gasteiger partial charge is 0.321 e. The van der Waals surface area contributed by atoms with Crippen LogP contribution in [0.2, 0.25) is 0 Å². The van der Waals surface area contributed by atoms with Crippen LogP contribution in [0.4, 0.5) is 14.9 Å². The van der Waals surface area contributed by atoms with E-state index in [-0.39, 0.29) is 17.1 Å². The summed E-state index contributed by atoms with van der Waals surface area (Å²) in [4.78, 5) is 25.5. The Morgan fingerprint density at radius 1 is 1.38 bits per heavy atom. The monoisotopic (exact) mass is 354 g/mol. The summed E-state index contributed by atoms with van der Waals surface area (Å²) in [6, 6.07) is 4.18. The number of urea groups is 1. The Labute approximate surface area is 145 Å². The van der Waals surface area contributed by atoms with Crippen LogP contribution in [0, 0.1) is 11.2 Å². The van der Waals surface area contributed by atoms with Gasteiger partial charge in [0.2, 0.25) is 0 Å². The molecule has 24 heavy (non-hydrogen) atoms. The van der Waals surface area contributed by atoms with E-state index in [1.54, 1.807) is 19.1 Å². The SMILES string of the molecule is CC(C)(C)Sc1ccc(NC(=O)N2CCC(C)(C(=O)O)C2)cc1F. The zero-order valence-electron chi connectivity index (χ0n) is 14.4. The van der Waals surface area contributed by atoms with E-state index in [4.69, 9.17) is 0 Å². The molecule has 1 fully saturated rings. The van der Waals surface area contributed by atoms with E-state index in [9.17, 15) is 19.1 Å². The normalized spacial score (nSPS) is 21.0. The van der Waals surface area contributed by atoms with Crippen LogP contribution in [-0.4, -0.2) is 39.8 Å². The number of halogens is 1. The minimum Gasteiger partial charge on any atom is -0.481 e. The highest BCUT2D eigenvalue weighted by Gasteiger charge is 2.42. The molecule has 2 N–H and O–H groups in total. The number of hydrogen-bond donors (Lipinski definition) is 2. The van der Waals surface area contributed by atoms with Gasteiger partial charge >= 0.3 is 12.0 Å². The maximum atomic E-state index is 14.2. The summed E-state index contributed by atoms with van der Waals surface area (Å²) in [6.45, 7) is 8.14. The van der Waals surface area contributed by atoms with Gasteiger partial charge in [-0.15, -0.1) is 11.8 Å². The molecule has 0 aliphatic carbocycles. The van der Waals surface area contributed by atoms with E-state index in [0.29, 0.717) is 23.5 Å². The fourth-order valence-corrected chi connectivity index (χ4v) is 3.46. The third-order valence-electron chi connectivity index (χ3n) is 3.88. The lowest BCUT2D eigenvalue weighted by molar-refractivity contribution is -0.146. The van der Waals surface area contributed by atoms with Gasteiger partial charge in [0.15, 0.2) is 0 Å². The number of thioether (sulfide) groups is 1. The quantitative estimate of drug-likeness (QED) is 0.804. The van der Waals surface area contributed by atoms with Crippen molar-refractivity contribution in [1.82, 2.24) is 4.90 Å². The van der Waals surface area contributed by atoms with E-state index >= 15 is 0 Å². The van der Waals surface area contributed by atoms with Crippen LogP contribution in [-0.2, 0) is 4.79 Å². The first-order valence-corrected chi connectivity index (χ1v) is 8.60. The zero-order chi connectivity index (χ0) is 18.1. The molecule has 0 radical (unpaired) electrons. The molecule has 1 aromatic carbocycles. The van der Waals surface area contributed by atoms with Crippen LogP contribution in [0.5, 0.6) is 0 Å². The molecule has 1 aromatic rings. The lowest BCUT2D eigenvalue weighted by atomic mass is 9.90. The number of benzene rings is 1. The van der Waals surface area contributed by atoms with Gasteiger partial charge in [0.05, 0.1) is 5.41 Å². The third kappa shape index (κ3) is 4.41. The van der Waals surface area contributed by atoms with E-state index in [1.165, 1.54) is 22.7 Å². The maximum absolute atomic E-state index is 14.2. The van der Waals surface area contributed by atoms with Crippen molar-refractivity contribution < 1.29 is 19.1 Å². The molecule has 0 bridgehead atoms. The van der Waals surface area contributed by atoms with Gasteiger partial charge in [-0.25, -0.2) is 9.18 Å². The first-order chi connectivity index (χ1) is 11.0. The van der Waals surface area contributed by atoms with E-state index in [0.717, 1.165) is 0 Å². The third-order valence-corrected chi connectivity index (χ3v) is 5.04. The van der Waals surface area contributed by atoms with Crippen molar-refractivity contribution in [3.8, 4) is 0 Å². The molecule has 2 amide bonds. The second-order valence-electron chi connectivity index (χ2n) is 7.33. The topological polar surface area (TPSA) is 69.6 Å². The second-order valence-corrected chi connectivity index (χ2v) is 9.20. The standard InChI is InChI=1S/C17H23FN2O3S/c1-16(2,3)24-13-6-5-11(9-12(13)18)19-15(23)20-8-7-17(4,10-20)14(21)22/h5-6,9H,7-8,10H2,1-4H3,(H,19,23)(H,21,22). The van der Waals surface area contributed by atoms with Gasteiger partial charge in [-0.1, -0.05) is 20.8 Å². The van der Waals surface area contributed by atoms with Gasteiger partial charge in [-0.05, 0) is 31.5 Å². The molecule has 0 aromatic heterocycles. The van der Waals surface area contributed by atoms with Crippen molar-refractivity contribution in [3.05, 3.63) is 24.0 Å². The minimum atomic E-state index is -0.921. The summed E-state index contributed by atoms with van der Waals surface area (Å²) >= 11 is 1.42. The average molecular weight is 354 g/mol. The molecule has 7 heteroatoms. The molecule has 1 atom stereocenters. The number of nitrogens with one attached hydrogen (secondary N) is 1. The van der Waals surface area contributed by atoms with Crippen molar-refractivity contribution in [2.45, 2.75) is 43.8 Å². The van der Waals surface area contributed by atoms with E-state index in [2.05, 4.69) is 5.32 Å². The first-order valence-electron chi connectivity index (χ1n) is 7.78. The molecular formula is C17H23FN2O3S. The predicted molar refractivity (Wildman–Crippen MR) is 93.0 cm³/mol. The maximum Gasteiger partial charge on any atom is 0.321 e. The fourth-order valence-electron chi connectivity index (χ4n) is 2.50. The van der Waals surface area contributed by atoms with Gasteiger partial charge in [0.25, 0.3) is 0 Å². The molecule has 5 nitrogen and oxygen atoms in total. The number of anilines is 1. The summed E-state index contributed by atoms with van der Waals surface area (Å²) in [5.41, 5.74) is -0.560. The zero-order valence-corrected chi connectivity index (χ0v) is 15.2. The fraction of sp³-hybridized carbons (Fsp3) is 0.529. The number of hydrogen-bond acceptors (Lipinski definition) is 3. The van der Waals surface area contributed by atoms with Gasteiger partial charge in [-0.3, -0.25) is 4.79 Å². The highest BCUT2D eigenvalue weighted by molar-refractivity contribution is 8.00. The number of carboxylic acid groups (broad SMARTS) is 1. The van der Waals surface area contributed by atoms with E-state index < -0.39 is 17.4 Å². The Bertz CT molecular complexity index is 660. The van der Waals surface area contributed by atoms with Crippen LogP contribution in [0.1, 0.15) is 34.1 Å². The van der Waals surface area contributed by atoms with Gasteiger partial charge in [0, 0.05) is 28.4 Å². The average Bonchev–Trinajstić information content (AvgIpc) is 2.85. The van der Waals surface area contributed by atoms with Crippen LogP contribution < -0.4 is 5.32 Å². The van der Waals surface area contributed by atoms with Crippen molar-refractivity contribution in [2.24, 2.45) is 5.41 Å². The Hall–Kier alpha value is -1.76. The Morgan fingerprint density at radius 2 is 2.04 bits per heavy atom. The summed E-state index contributed by atoms with van der Waals surface area (Å²) in [7, 11) is 0. The number of nitrogens with zero attached hydrogens (tertiary/aromatic N) is 1. The molecule has 0 saturated carbocycles. The molecule has 1 heterocycles. The predicted octanol–water partition coefficient (Wildman–Crippen LogP) is 4.04. The van der Waals surface area contributed by atoms with Crippen molar-refractivity contribution >= 4 is 29.4 Å². The number of aliphatic carboxylic acids is 1. The highest BCUT2D eigenvalue weighted by atomic mass is 32.2. The lowest BCUT2D eigenvalue weighted by Crippen LogP contribution is -2.37. The number of rotatable bonds is 3. The van der Waals surface area contributed by atoms with Crippen LogP contribution in [0.25, 0.3) is 0 Å². The summed E-state index contributed by atoms with van der Waals surface area (Å²) in [5, 5.41) is 11.8. The molecule has 2 rings (SSSR count). The molecule has 132 valence electrons. The first kappa shape index (κ1) is 18.6.